The van der Waals surface area contributed by atoms with Crippen molar-refractivity contribution < 1.29 is 29.9 Å². The maximum absolute atomic E-state index is 10.5. The van der Waals surface area contributed by atoms with Crippen molar-refractivity contribution in [2.75, 3.05) is 18.1 Å². The zero-order chi connectivity index (χ0) is 23.0. The fourth-order valence-corrected chi connectivity index (χ4v) is 4.42. The van der Waals surface area contributed by atoms with Crippen molar-refractivity contribution in [3.63, 3.8) is 0 Å². The third kappa shape index (κ3) is 4.36. The minimum atomic E-state index is -1.41. The lowest BCUT2D eigenvalue weighted by atomic mass is 9.90. The van der Waals surface area contributed by atoms with Crippen LogP contribution in [0.1, 0.15) is 49.5 Å². The molecule has 1 fully saturated rings. The number of aliphatic hydroxyl groups is 4. The monoisotopic (exact) mass is 443 g/mol. The number of hydrogen-bond donors (Lipinski definition) is 4. The van der Waals surface area contributed by atoms with Gasteiger partial charge in [-0.2, -0.15) is 0 Å². The average Bonchev–Trinajstić information content (AvgIpc) is 2.80. The molecule has 0 aromatic heterocycles. The molecule has 174 valence electrons. The molecule has 2 aliphatic rings. The van der Waals surface area contributed by atoms with Gasteiger partial charge in [-0.25, -0.2) is 0 Å². The van der Waals surface area contributed by atoms with E-state index in [0.29, 0.717) is 24.6 Å². The number of nitrogens with zero attached hydrogens (tertiary/aromatic N) is 1. The fourth-order valence-electron chi connectivity index (χ4n) is 4.42. The van der Waals surface area contributed by atoms with Crippen LogP contribution in [0.3, 0.4) is 0 Å². The Morgan fingerprint density at radius 2 is 1.72 bits per heavy atom. The first kappa shape index (κ1) is 23.0. The summed E-state index contributed by atoms with van der Waals surface area (Å²) in [4.78, 5) is 2.26. The van der Waals surface area contributed by atoms with Gasteiger partial charge in [0, 0.05) is 6.54 Å². The van der Waals surface area contributed by atoms with E-state index in [0.717, 1.165) is 11.4 Å². The highest BCUT2D eigenvalue weighted by atomic mass is 16.5. The van der Waals surface area contributed by atoms with Crippen LogP contribution in [-0.2, 0) is 11.3 Å². The maximum atomic E-state index is 10.5. The number of ether oxygens (including phenoxy) is 2. The second kappa shape index (κ2) is 9.37. The summed E-state index contributed by atoms with van der Waals surface area (Å²) in [5.74, 6) is 1.23. The summed E-state index contributed by atoms with van der Waals surface area (Å²) < 4.78 is 11.7. The lowest BCUT2D eigenvalue weighted by Crippen LogP contribution is -2.55. The van der Waals surface area contributed by atoms with E-state index in [-0.39, 0.29) is 6.04 Å². The van der Waals surface area contributed by atoms with Crippen molar-refractivity contribution in [2.45, 2.75) is 69.8 Å². The van der Waals surface area contributed by atoms with Gasteiger partial charge in [0.2, 0.25) is 0 Å². The number of fused-ring (bicyclic) bond motifs is 1. The van der Waals surface area contributed by atoms with Gasteiger partial charge < -0.3 is 34.8 Å². The van der Waals surface area contributed by atoms with E-state index >= 15 is 0 Å². The van der Waals surface area contributed by atoms with Gasteiger partial charge in [0.1, 0.15) is 42.9 Å². The van der Waals surface area contributed by atoms with Crippen LogP contribution >= 0.6 is 0 Å². The zero-order valence-corrected chi connectivity index (χ0v) is 18.8. The molecule has 0 radical (unpaired) electrons. The van der Waals surface area contributed by atoms with Crippen LogP contribution in [0.15, 0.2) is 42.5 Å². The molecule has 0 amide bonds. The van der Waals surface area contributed by atoms with E-state index in [9.17, 15) is 20.4 Å². The number of benzene rings is 2. The first-order valence-corrected chi connectivity index (χ1v) is 11.2. The molecule has 2 heterocycles. The van der Waals surface area contributed by atoms with Crippen LogP contribution in [0.25, 0.3) is 0 Å². The largest absolute Gasteiger partial charge is 0.489 e. The lowest BCUT2D eigenvalue weighted by Gasteiger charge is -2.41. The molecule has 2 aliphatic heterocycles. The third-order valence-electron chi connectivity index (χ3n) is 6.52. The molecule has 2 aromatic carbocycles. The molecule has 32 heavy (non-hydrogen) atoms. The summed E-state index contributed by atoms with van der Waals surface area (Å²) in [5.41, 5.74) is 4.02. The predicted molar refractivity (Wildman–Crippen MR) is 121 cm³/mol. The molecule has 2 aromatic rings. The standard InChI is InChI=1S/C25H33NO6/c1-14(2)17-6-4-16(5-7-17)11-26-15(3)13-31-20-9-8-18(10-19(20)26)25-24(30)23(29)22(28)21(12-27)32-25/h4-10,14-15,21-25,27-30H,11-13H2,1-3H3/t15?,21-,22-,23+,24-,25+/m1/s1. The molecule has 6 atom stereocenters. The van der Waals surface area contributed by atoms with E-state index in [2.05, 4.69) is 49.9 Å². The van der Waals surface area contributed by atoms with Crippen LogP contribution in [0.5, 0.6) is 5.75 Å². The van der Waals surface area contributed by atoms with Crippen molar-refractivity contribution in [1.82, 2.24) is 0 Å². The van der Waals surface area contributed by atoms with Crippen molar-refractivity contribution in [1.29, 1.82) is 0 Å². The first-order chi connectivity index (χ1) is 15.3. The van der Waals surface area contributed by atoms with Gasteiger partial charge in [0.25, 0.3) is 0 Å². The van der Waals surface area contributed by atoms with E-state index < -0.39 is 37.1 Å². The summed E-state index contributed by atoms with van der Waals surface area (Å²) in [6.07, 6.45) is -5.92. The Morgan fingerprint density at radius 1 is 1.00 bits per heavy atom. The summed E-state index contributed by atoms with van der Waals surface area (Å²) in [6.45, 7) is 7.27. The van der Waals surface area contributed by atoms with Crippen molar-refractivity contribution >= 4 is 5.69 Å². The number of hydrogen-bond acceptors (Lipinski definition) is 7. The van der Waals surface area contributed by atoms with Crippen LogP contribution in [0.2, 0.25) is 0 Å². The highest BCUT2D eigenvalue weighted by molar-refractivity contribution is 5.63. The van der Waals surface area contributed by atoms with Crippen molar-refractivity contribution in [3.05, 3.63) is 59.2 Å². The van der Waals surface area contributed by atoms with Crippen molar-refractivity contribution in [2.24, 2.45) is 0 Å². The third-order valence-corrected chi connectivity index (χ3v) is 6.52. The molecule has 7 nitrogen and oxygen atoms in total. The Labute approximate surface area is 188 Å². The molecule has 0 saturated carbocycles. The van der Waals surface area contributed by atoms with Crippen LogP contribution < -0.4 is 9.64 Å². The molecule has 0 bridgehead atoms. The quantitative estimate of drug-likeness (QED) is 0.561. The normalized spacial score (nSPS) is 30.2. The van der Waals surface area contributed by atoms with Gasteiger partial charge in [-0.3, -0.25) is 0 Å². The van der Waals surface area contributed by atoms with Gasteiger partial charge in [0.05, 0.1) is 18.3 Å². The highest BCUT2D eigenvalue weighted by Gasteiger charge is 2.44. The second-order valence-electron chi connectivity index (χ2n) is 9.16. The Kier molecular flexibility index (Phi) is 6.74. The van der Waals surface area contributed by atoms with Crippen LogP contribution in [0, 0.1) is 0 Å². The lowest BCUT2D eigenvalue weighted by molar-refractivity contribution is -0.231. The fraction of sp³-hybridized carbons (Fsp3) is 0.520. The highest BCUT2D eigenvalue weighted by Crippen LogP contribution is 2.40. The van der Waals surface area contributed by atoms with Crippen LogP contribution in [0.4, 0.5) is 5.69 Å². The summed E-state index contributed by atoms with van der Waals surface area (Å²) >= 11 is 0. The molecular formula is C25H33NO6. The molecule has 4 rings (SSSR count). The molecule has 4 N–H and O–H groups in total. The van der Waals surface area contributed by atoms with Gasteiger partial charge in [0.15, 0.2) is 0 Å². The SMILES string of the molecule is CC(C)c1ccc(CN2c3cc([C@@H]4O[C@H](CO)[C@@H](O)[C@H](O)[C@H]4O)ccc3OCC2C)cc1. The van der Waals surface area contributed by atoms with E-state index in [1.54, 1.807) is 6.07 Å². The van der Waals surface area contributed by atoms with Crippen molar-refractivity contribution in [3.8, 4) is 5.75 Å². The Morgan fingerprint density at radius 3 is 2.38 bits per heavy atom. The molecular weight excluding hydrogens is 410 g/mol. The zero-order valence-electron chi connectivity index (χ0n) is 18.8. The number of anilines is 1. The number of rotatable bonds is 5. The van der Waals surface area contributed by atoms with E-state index in [1.807, 2.05) is 12.1 Å². The summed E-state index contributed by atoms with van der Waals surface area (Å²) in [6, 6.07) is 14.3. The smallest absolute Gasteiger partial charge is 0.142 e. The van der Waals surface area contributed by atoms with Gasteiger partial charge >= 0.3 is 0 Å². The minimum absolute atomic E-state index is 0.136. The van der Waals surface area contributed by atoms with E-state index in [1.165, 1.54) is 11.1 Å². The maximum Gasteiger partial charge on any atom is 0.142 e. The van der Waals surface area contributed by atoms with E-state index in [4.69, 9.17) is 9.47 Å². The summed E-state index contributed by atoms with van der Waals surface area (Å²) in [5, 5.41) is 40.3. The second-order valence-corrected chi connectivity index (χ2v) is 9.16. The Balaban J connectivity index is 1.63. The first-order valence-electron chi connectivity index (χ1n) is 11.2. The Hall–Kier alpha value is -2.16. The Bertz CT molecular complexity index is 915. The molecule has 7 heteroatoms. The summed E-state index contributed by atoms with van der Waals surface area (Å²) in [7, 11) is 0. The van der Waals surface area contributed by atoms with Crippen LogP contribution in [-0.4, -0.2) is 64.1 Å². The van der Waals surface area contributed by atoms with Gasteiger partial charge in [-0.05, 0) is 41.7 Å². The molecule has 0 spiro atoms. The number of aliphatic hydroxyl groups excluding tert-OH is 4. The molecule has 0 aliphatic carbocycles. The minimum Gasteiger partial charge on any atom is -0.489 e. The average molecular weight is 444 g/mol. The van der Waals surface area contributed by atoms with Gasteiger partial charge in [-0.1, -0.05) is 44.2 Å². The van der Waals surface area contributed by atoms with Gasteiger partial charge in [-0.15, -0.1) is 0 Å². The topological polar surface area (TPSA) is 103 Å². The predicted octanol–water partition coefficient (Wildman–Crippen LogP) is 2.11. The molecule has 1 unspecified atom stereocenters. The molecule has 1 saturated heterocycles.